The van der Waals surface area contributed by atoms with Crippen LogP contribution < -0.4 is 64.5 Å². The van der Waals surface area contributed by atoms with Gasteiger partial charge in [0.15, 0.2) is 0 Å². The van der Waals surface area contributed by atoms with Crippen molar-refractivity contribution < 1.29 is 32.6 Å². The number of ether oxygens (including phenoxy) is 4. The fourth-order valence-electron chi connectivity index (χ4n) is 14.9. The van der Waals surface area contributed by atoms with E-state index in [2.05, 4.69) is 194 Å². The molecule has 6 aromatic carbocycles. The molecular formula is C81H100N8O11Si2. The SMILES string of the molecule is Cc1cn([C@H]2C[C@H](OC(=O)O[C@H]3C[C@H](n4cc(C)c(=O)[nH]c4=O)O[C@]3(CCNC(Cc3ccccc3)[C@@H]3CCCN3)CO[Si](c3ccccc3)c3ccc(C(C)(C)C)cc3)[C@@](CCNC(Cc3ccccc3)[C@@H]3CCCN3)(CO[Si](c3ccccc3)c3ccc(C(C)(C)C)cc3)O2)c(=O)[nH]c1=O. The third kappa shape index (κ3) is 18.0. The van der Waals surface area contributed by atoms with Gasteiger partial charge < -0.3 is 49.1 Å². The number of aromatic nitrogens is 4. The van der Waals surface area contributed by atoms with Gasteiger partial charge in [0.1, 0.15) is 35.9 Å². The van der Waals surface area contributed by atoms with Crippen LogP contribution in [0.2, 0.25) is 0 Å². The van der Waals surface area contributed by atoms with Crippen LogP contribution in [-0.2, 0) is 51.5 Å². The summed E-state index contributed by atoms with van der Waals surface area (Å²) in [5, 5.41) is 19.3. The van der Waals surface area contributed by atoms with Crippen molar-refractivity contribution in [3.05, 3.63) is 257 Å². The highest BCUT2D eigenvalue weighted by molar-refractivity contribution is 6.80. The lowest BCUT2D eigenvalue weighted by Crippen LogP contribution is -2.55. The maximum atomic E-state index is 16.0. The first-order valence-corrected chi connectivity index (χ1v) is 39.1. The molecule has 0 saturated carbocycles. The minimum atomic E-state index is -2.09. The van der Waals surface area contributed by atoms with Crippen LogP contribution in [0, 0.1) is 13.8 Å². The molecule has 0 bridgehead atoms. The average Bonchev–Trinajstić information content (AvgIpc) is 1.61. The molecule has 2 aromatic heterocycles. The Labute approximate surface area is 601 Å². The van der Waals surface area contributed by atoms with Gasteiger partial charge in [0.25, 0.3) is 29.2 Å². The number of hydrogen-bond acceptors (Lipinski definition) is 15. The van der Waals surface area contributed by atoms with Crippen molar-refractivity contribution >= 4 is 45.0 Å². The van der Waals surface area contributed by atoms with Crippen LogP contribution in [0.15, 0.2) is 201 Å². The number of carbonyl (C=O) groups is 1. The maximum Gasteiger partial charge on any atom is 0.509 e. The monoisotopic (exact) mass is 1420 g/mol. The third-order valence-electron chi connectivity index (χ3n) is 20.8. The molecular weight excluding hydrogens is 1320 g/mol. The topological polar surface area (TPSA) is 230 Å². The van der Waals surface area contributed by atoms with E-state index in [1.807, 2.05) is 48.5 Å². The van der Waals surface area contributed by atoms with E-state index in [0.717, 1.165) is 72.4 Å². The molecule has 4 aliphatic heterocycles. The molecule has 0 amide bonds. The molecule has 19 nitrogen and oxygen atoms in total. The van der Waals surface area contributed by atoms with E-state index in [1.54, 1.807) is 13.8 Å². The molecule has 4 fully saturated rings. The number of aromatic amines is 2. The van der Waals surface area contributed by atoms with Gasteiger partial charge in [-0.2, -0.15) is 0 Å². The van der Waals surface area contributed by atoms with Gasteiger partial charge >= 0.3 is 17.5 Å². The first-order valence-electron chi connectivity index (χ1n) is 36.3. The number of nitrogens with zero attached hydrogens (tertiary/aromatic N) is 2. The Morgan fingerprint density at radius 2 is 0.873 bits per heavy atom. The summed E-state index contributed by atoms with van der Waals surface area (Å²) in [6.07, 6.45) is 3.43. The van der Waals surface area contributed by atoms with Crippen molar-refractivity contribution in [2.45, 2.75) is 190 Å². The largest absolute Gasteiger partial charge is 0.509 e. The lowest BCUT2D eigenvalue weighted by molar-refractivity contribution is -0.149. The third-order valence-corrected chi connectivity index (χ3v) is 25.1. The number of rotatable bonds is 28. The summed E-state index contributed by atoms with van der Waals surface area (Å²) >= 11 is 0. The van der Waals surface area contributed by atoms with Crippen molar-refractivity contribution in [3.8, 4) is 0 Å². The Hall–Kier alpha value is -7.94. The zero-order valence-electron chi connectivity index (χ0n) is 60.1. The van der Waals surface area contributed by atoms with Crippen molar-refractivity contribution in [1.29, 1.82) is 0 Å². The molecule has 0 aliphatic carbocycles. The van der Waals surface area contributed by atoms with Crippen LogP contribution in [0.3, 0.4) is 0 Å². The molecule has 8 aromatic rings. The molecule has 4 saturated heterocycles. The molecule has 2 unspecified atom stereocenters. The molecule has 6 N–H and O–H groups in total. The maximum absolute atomic E-state index is 16.0. The molecule has 0 spiro atoms. The van der Waals surface area contributed by atoms with Crippen molar-refractivity contribution in [2.24, 2.45) is 0 Å². The number of H-pyrrole nitrogens is 2. The second-order valence-corrected chi connectivity index (χ2v) is 34.4. The predicted molar refractivity (Wildman–Crippen MR) is 402 cm³/mol. The summed E-state index contributed by atoms with van der Waals surface area (Å²) in [4.78, 5) is 75.6. The van der Waals surface area contributed by atoms with E-state index in [0.29, 0.717) is 13.1 Å². The van der Waals surface area contributed by atoms with Crippen LogP contribution in [0.25, 0.3) is 0 Å². The number of nitrogens with one attached hydrogen (secondary N) is 6. The number of benzene rings is 6. The van der Waals surface area contributed by atoms with Gasteiger partial charge in [0.2, 0.25) is 0 Å². The quantitative estimate of drug-likeness (QED) is 0.0203. The van der Waals surface area contributed by atoms with Gasteiger partial charge in [0, 0.05) is 60.5 Å². The van der Waals surface area contributed by atoms with Gasteiger partial charge in [-0.15, -0.1) is 0 Å². The van der Waals surface area contributed by atoms with Crippen molar-refractivity contribution in [1.82, 2.24) is 40.4 Å². The van der Waals surface area contributed by atoms with E-state index >= 15 is 4.79 Å². The molecule has 538 valence electrons. The molecule has 21 heteroatoms. The summed E-state index contributed by atoms with van der Waals surface area (Å²) in [7, 11) is -4.19. The predicted octanol–water partition coefficient (Wildman–Crippen LogP) is 7.84. The highest BCUT2D eigenvalue weighted by Gasteiger charge is 2.56. The summed E-state index contributed by atoms with van der Waals surface area (Å²) in [6.45, 7) is 18.7. The van der Waals surface area contributed by atoms with Gasteiger partial charge in [-0.05, 0) is 145 Å². The van der Waals surface area contributed by atoms with E-state index in [4.69, 9.17) is 27.8 Å². The molecule has 102 heavy (non-hydrogen) atoms. The summed E-state index contributed by atoms with van der Waals surface area (Å²) in [5.41, 5.74) is -0.320. The molecule has 6 heterocycles. The normalized spacial score (nSPS) is 22.9. The highest BCUT2D eigenvalue weighted by Crippen LogP contribution is 2.44. The van der Waals surface area contributed by atoms with E-state index < -0.39 is 82.6 Å². The Kier molecular flexibility index (Phi) is 23.7. The van der Waals surface area contributed by atoms with Crippen LogP contribution in [0.4, 0.5) is 4.79 Å². The molecule has 4 aliphatic rings. The zero-order valence-corrected chi connectivity index (χ0v) is 62.1. The second-order valence-electron chi connectivity index (χ2n) is 30.2. The van der Waals surface area contributed by atoms with E-state index in [-0.39, 0.29) is 85.0 Å². The van der Waals surface area contributed by atoms with Crippen LogP contribution >= 0.6 is 0 Å². The Balaban J connectivity index is 0.945. The zero-order chi connectivity index (χ0) is 71.6. The number of aryl methyl sites for hydroxylation is 2. The van der Waals surface area contributed by atoms with Crippen molar-refractivity contribution in [2.75, 3.05) is 39.4 Å². The number of hydrogen-bond donors (Lipinski definition) is 6. The summed E-state index contributed by atoms with van der Waals surface area (Å²) in [6, 6.07) is 58.6. The van der Waals surface area contributed by atoms with Crippen LogP contribution in [0.5, 0.6) is 0 Å². The first-order chi connectivity index (χ1) is 49.1. The smallest absolute Gasteiger partial charge is 0.428 e. The van der Waals surface area contributed by atoms with E-state index in [1.165, 1.54) is 43.8 Å². The summed E-state index contributed by atoms with van der Waals surface area (Å²) in [5.74, 6) is 0. The Morgan fingerprint density at radius 1 is 0.520 bits per heavy atom. The van der Waals surface area contributed by atoms with Gasteiger partial charge in [-0.3, -0.25) is 28.7 Å². The molecule has 12 rings (SSSR count). The fraction of sp³-hybridized carbons (Fsp3) is 0.444. The molecule has 2 radical (unpaired) electrons. The Bertz CT molecular complexity index is 4020. The average molecular weight is 1420 g/mol. The molecule has 10 atom stereocenters. The van der Waals surface area contributed by atoms with E-state index in [9.17, 15) is 19.2 Å². The van der Waals surface area contributed by atoms with Gasteiger partial charge in [0.05, 0.1) is 13.2 Å². The summed E-state index contributed by atoms with van der Waals surface area (Å²) < 4.78 is 46.4. The van der Waals surface area contributed by atoms with Crippen LogP contribution in [0.1, 0.15) is 139 Å². The van der Waals surface area contributed by atoms with Crippen LogP contribution in [-0.4, -0.2) is 130 Å². The van der Waals surface area contributed by atoms with Crippen molar-refractivity contribution in [3.63, 3.8) is 0 Å². The van der Waals surface area contributed by atoms with Gasteiger partial charge in [-0.1, -0.05) is 211 Å². The minimum absolute atomic E-state index is 0.00217. The first kappa shape index (κ1) is 73.8. The Morgan fingerprint density at radius 3 is 1.22 bits per heavy atom. The lowest BCUT2D eigenvalue weighted by atomic mass is 9.87. The number of carbonyl (C=O) groups excluding carboxylic acids is 1. The lowest BCUT2D eigenvalue weighted by Gasteiger charge is -2.37. The second kappa shape index (κ2) is 32.8. The minimum Gasteiger partial charge on any atom is -0.428 e. The standard InChI is InChI=1S/C81H100N8O11Si2/c1-55-51-88(75(92)86-73(55)90)71-49-69(80(99-71,41-45-84-67(65-31-21-43-82-65)47-57-23-13-9-14-24-57)53-95-101(61-27-17-11-18-28-61)63-37-33-59(34-38-63)78(3,4)5)97-77(94)98-70-50-72(89-52-56(2)74(91)87-76(89)93)100-81(70,42-46-85-68(66-32-22-44-83-66)48-58-25-15-10-16-26-58)54-96-102(62-29-19-12-20-30-62)64-39-35-60(36-40-64)79(6,7)8/h9-20,23-30,33-40,51-52,65-72,82-85H,21-22,31-32,41-50,53-54H2,1-8H3,(H,86,90,92)(H,87,91,93)/t65-,66-,67?,68?,69-,70-,71+,72+,80+,81+/m0/s1. The highest BCUT2D eigenvalue weighted by atomic mass is 28.3. The van der Waals surface area contributed by atoms with Gasteiger partial charge in [-0.25, -0.2) is 14.4 Å². The fourth-order valence-corrected chi connectivity index (χ4v) is 19.0.